The van der Waals surface area contributed by atoms with Gasteiger partial charge in [0.15, 0.2) is 5.96 Å². The minimum Gasteiger partial charge on any atom is -0.352 e. The number of aliphatic imine (C=N–C) groups is 1. The van der Waals surface area contributed by atoms with Crippen molar-refractivity contribution < 1.29 is 4.79 Å². The van der Waals surface area contributed by atoms with Gasteiger partial charge in [0.1, 0.15) is 0 Å². The first-order valence-corrected chi connectivity index (χ1v) is 11.0. The van der Waals surface area contributed by atoms with Gasteiger partial charge in [0.05, 0.1) is 0 Å². The molecule has 0 aromatic heterocycles. The Morgan fingerprint density at radius 2 is 1.66 bits per heavy atom. The van der Waals surface area contributed by atoms with E-state index in [1.807, 2.05) is 24.1 Å². The third-order valence-corrected chi connectivity index (χ3v) is 6.91. The van der Waals surface area contributed by atoms with E-state index in [0.717, 1.165) is 57.1 Å². The van der Waals surface area contributed by atoms with Crippen LogP contribution in [0.4, 0.5) is 0 Å². The van der Waals surface area contributed by atoms with Crippen LogP contribution < -0.4 is 5.32 Å². The summed E-state index contributed by atoms with van der Waals surface area (Å²) >= 11 is 0. The zero-order valence-corrected chi connectivity index (χ0v) is 20.0. The molecule has 3 aliphatic rings. The fourth-order valence-corrected chi connectivity index (χ4v) is 5.21. The Morgan fingerprint density at radius 3 is 2.31 bits per heavy atom. The van der Waals surface area contributed by atoms with E-state index in [1.165, 1.54) is 44.1 Å². The van der Waals surface area contributed by atoms with E-state index in [9.17, 15) is 4.79 Å². The second-order valence-electron chi connectivity index (χ2n) is 8.83. The normalized spacial score (nSPS) is 21.3. The van der Waals surface area contributed by atoms with Gasteiger partial charge in [0, 0.05) is 45.3 Å². The predicted octanol–water partition coefficient (Wildman–Crippen LogP) is 4.27. The Kier molecular flexibility index (Phi) is 7.82. The van der Waals surface area contributed by atoms with Gasteiger partial charge in [-0.3, -0.25) is 9.79 Å². The second kappa shape index (κ2) is 10.1. The van der Waals surface area contributed by atoms with E-state index in [-0.39, 0.29) is 29.9 Å². The molecule has 160 valence electrons. The Hall–Kier alpha value is -1.31. The van der Waals surface area contributed by atoms with Crippen LogP contribution in [0.3, 0.4) is 0 Å². The predicted molar refractivity (Wildman–Crippen MR) is 129 cm³/mol. The van der Waals surface area contributed by atoms with Crippen molar-refractivity contribution in [1.29, 1.82) is 0 Å². The average Bonchev–Trinajstić information content (AvgIpc) is 3.39. The minimum absolute atomic E-state index is 0. The van der Waals surface area contributed by atoms with Crippen molar-refractivity contribution in [2.45, 2.75) is 57.9 Å². The van der Waals surface area contributed by atoms with Crippen LogP contribution in [0.5, 0.6) is 0 Å². The molecule has 2 saturated heterocycles. The smallest absolute Gasteiger partial charge is 0.253 e. The largest absolute Gasteiger partial charge is 0.352 e. The monoisotopic (exact) mass is 510 g/mol. The third-order valence-electron chi connectivity index (χ3n) is 6.91. The molecule has 2 heterocycles. The van der Waals surface area contributed by atoms with Crippen molar-refractivity contribution >= 4 is 35.8 Å². The van der Waals surface area contributed by atoms with E-state index in [2.05, 4.69) is 27.3 Å². The first-order chi connectivity index (χ1) is 13.7. The van der Waals surface area contributed by atoms with Crippen LogP contribution in [0.2, 0.25) is 0 Å². The summed E-state index contributed by atoms with van der Waals surface area (Å²) in [5, 5.41) is 3.53. The number of amides is 1. The molecule has 4 rings (SSSR count). The molecule has 29 heavy (non-hydrogen) atoms. The number of likely N-dealkylation sites (tertiary alicyclic amines) is 2. The third kappa shape index (κ3) is 5.25. The summed E-state index contributed by atoms with van der Waals surface area (Å²) in [7, 11) is 1.88. The number of hydrogen-bond acceptors (Lipinski definition) is 2. The molecule has 1 amide bonds. The van der Waals surface area contributed by atoms with Crippen LogP contribution in [-0.2, 0) is 6.54 Å². The van der Waals surface area contributed by atoms with Crippen molar-refractivity contribution in [3.8, 4) is 0 Å². The Bertz CT molecular complexity index is 706. The first-order valence-electron chi connectivity index (χ1n) is 11.0. The van der Waals surface area contributed by atoms with Gasteiger partial charge in [-0.15, -0.1) is 24.0 Å². The molecule has 6 heteroatoms. The van der Waals surface area contributed by atoms with Gasteiger partial charge in [0.25, 0.3) is 5.91 Å². The number of piperidine rings is 1. The molecule has 1 aliphatic carbocycles. The molecule has 0 atom stereocenters. The lowest BCUT2D eigenvalue weighted by molar-refractivity contribution is 0.0724. The first kappa shape index (κ1) is 22.4. The lowest BCUT2D eigenvalue weighted by Gasteiger charge is -2.27. The number of carbonyl (C=O) groups excluding carboxylic acids is 1. The van der Waals surface area contributed by atoms with Gasteiger partial charge in [-0.05, 0) is 61.6 Å². The number of benzene rings is 1. The van der Waals surface area contributed by atoms with Crippen LogP contribution in [0.25, 0.3) is 0 Å². The maximum Gasteiger partial charge on any atom is 0.253 e. The van der Waals surface area contributed by atoms with Gasteiger partial charge in [-0.25, -0.2) is 0 Å². The highest BCUT2D eigenvalue weighted by Gasteiger charge is 2.41. The molecular formula is C23H35IN4O. The topological polar surface area (TPSA) is 47.9 Å². The fourth-order valence-electron chi connectivity index (χ4n) is 5.21. The van der Waals surface area contributed by atoms with Crippen LogP contribution in [-0.4, -0.2) is 54.9 Å². The van der Waals surface area contributed by atoms with Crippen molar-refractivity contribution in [3.63, 3.8) is 0 Å². The van der Waals surface area contributed by atoms with Gasteiger partial charge in [-0.2, -0.15) is 0 Å². The zero-order valence-electron chi connectivity index (χ0n) is 17.7. The van der Waals surface area contributed by atoms with Crippen molar-refractivity contribution in [1.82, 2.24) is 15.1 Å². The van der Waals surface area contributed by atoms with Gasteiger partial charge >= 0.3 is 0 Å². The number of carbonyl (C=O) groups is 1. The summed E-state index contributed by atoms with van der Waals surface area (Å²) in [5.74, 6) is 1.19. The number of nitrogens with zero attached hydrogens (tertiary/aromatic N) is 3. The number of halogens is 1. The van der Waals surface area contributed by atoms with Crippen LogP contribution in [0.1, 0.15) is 67.3 Å². The molecule has 3 fully saturated rings. The maximum absolute atomic E-state index is 12.6. The van der Waals surface area contributed by atoms with Crippen molar-refractivity contribution in [2.75, 3.05) is 33.2 Å². The molecule has 5 nitrogen and oxygen atoms in total. The van der Waals surface area contributed by atoms with Crippen molar-refractivity contribution in [3.05, 3.63) is 35.4 Å². The molecule has 1 spiro atoms. The van der Waals surface area contributed by atoms with E-state index in [0.29, 0.717) is 5.41 Å². The van der Waals surface area contributed by atoms with E-state index in [1.54, 1.807) is 0 Å². The van der Waals surface area contributed by atoms with Crippen LogP contribution >= 0.6 is 24.0 Å². The molecule has 0 bridgehead atoms. The Balaban J connectivity index is 0.00000240. The summed E-state index contributed by atoms with van der Waals surface area (Å²) < 4.78 is 0. The lowest BCUT2D eigenvalue weighted by Crippen LogP contribution is -2.40. The van der Waals surface area contributed by atoms with Crippen LogP contribution in [0, 0.1) is 5.41 Å². The van der Waals surface area contributed by atoms with E-state index >= 15 is 0 Å². The molecule has 1 N–H and O–H groups in total. The van der Waals surface area contributed by atoms with Gasteiger partial charge in [-0.1, -0.05) is 25.0 Å². The summed E-state index contributed by atoms with van der Waals surface area (Å²) in [6.45, 7) is 4.80. The summed E-state index contributed by atoms with van der Waals surface area (Å²) in [5.41, 5.74) is 2.54. The highest BCUT2D eigenvalue weighted by atomic mass is 127. The lowest BCUT2D eigenvalue weighted by atomic mass is 9.86. The molecule has 1 saturated carbocycles. The molecule has 0 unspecified atom stereocenters. The highest BCUT2D eigenvalue weighted by molar-refractivity contribution is 14.0. The number of rotatable bonds is 3. The van der Waals surface area contributed by atoms with E-state index < -0.39 is 0 Å². The van der Waals surface area contributed by atoms with Gasteiger partial charge in [0.2, 0.25) is 0 Å². The number of nitrogens with one attached hydrogen (secondary N) is 1. The average molecular weight is 510 g/mol. The summed E-state index contributed by atoms with van der Waals surface area (Å²) in [6.07, 6.45) is 10.4. The van der Waals surface area contributed by atoms with Gasteiger partial charge < -0.3 is 15.1 Å². The maximum atomic E-state index is 12.6. The molecule has 1 aromatic rings. The SMILES string of the molecule is CN=C(NCc1ccc(C(=O)N2CCCCC2)cc1)N1CCC2(CCCC2)C1.I. The summed E-state index contributed by atoms with van der Waals surface area (Å²) in [4.78, 5) is 21.5. The minimum atomic E-state index is 0. The molecule has 2 aliphatic heterocycles. The quantitative estimate of drug-likeness (QED) is 0.376. The number of hydrogen-bond donors (Lipinski definition) is 1. The Labute approximate surface area is 192 Å². The molecule has 1 aromatic carbocycles. The zero-order chi connectivity index (χ0) is 19.4. The summed E-state index contributed by atoms with van der Waals surface area (Å²) in [6, 6.07) is 8.08. The fraction of sp³-hybridized carbons (Fsp3) is 0.652. The molecular weight excluding hydrogens is 475 g/mol. The highest BCUT2D eigenvalue weighted by Crippen LogP contribution is 2.45. The number of guanidine groups is 1. The van der Waals surface area contributed by atoms with Crippen LogP contribution in [0.15, 0.2) is 29.3 Å². The molecule has 0 radical (unpaired) electrons. The Morgan fingerprint density at radius 1 is 0.966 bits per heavy atom. The standard InChI is InChI=1S/C23H34N4O.HI/c1-24-22(27-16-13-23(18-27)11-3-4-12-23)25-17-19-7-9-20(10-8-19)21(28)26-14-5-2-6-15-26;/h7-10H,2-6,11-18H2,1H3,(H,24,25);1H. The van der Waals surface area contributed by atoms with Crippen molar-refractivity contribution in [2.24, 2.45) is 10.4 Å². The second-order valence-corrected chi connectivity index (χ2v) is 8.83. The van der Waals surface area contributed by atoms with E-state index in [4.69, 9.17) is 0 Å².